The summed E-state index contributed by atoms with van der Waals surface area (Å²) in [5.41, 5.74) is 1.01. The van der Waals surface area contributed by atoms with Crippen molar-refractivity contribution in [2.75, 3.05) is 33.4 Å². The molecule has 0 radical (unpaired) electrons. The van der Waals surface area contributed by atoms with E-state index >= 15 is 0 Å². The van der Waals surface area contributed by atoms with E-state index < -0.39 is 17.6 Å². The van der Waals surface area contributed by atoms with E-state index in [1.54, 1.807) is 4.90 Å². The lowest BCUT2D eigenvalue weighted by atomic mass is 10.1. The number of methoxy groups -OCH3 is 1. The molecule has 0 aliphatic rings. The standard InChI is InChI=1S/C29H33BrF3N3O3/c1-3-4-14-35(20-26-9-6-15-34(26)19-22-10-12-25(30)13-11-22)27(37)21-36(16-17-39-2)28(38)23-7-5-8-24(18-23)29(31,32)33/h5-13,15,18H,3-4,14,16-17,19-21H2,1-2H3. The van der Waals surface area contributed by atoms with E-state index in [2.05, 4.69) is 20.5 Å². The summed E-state index contributed by atoms with van der Waals surface area (Å²) in [6, 6.07) is 16.2. The van der Waals surface area contributed by atoms with Crippen molar-refractivity contribution in [3.05, 3.63) is 93.7 Å². The molecule has 0 saturated carbocycles. The largest absolute Gasteiger partial charge is 0.416 e. The molecule has 0 aliphatic carbocycles. The van der Waals surface area contributed by atoms with Crippen molar-refractivity contribution in [2.24, 2.45) is 0 Å². The Kier molecular flexibility index (Phi) is 11.2. The van der Waals surface area contributed by atoms with Crippen LogP contribution in [0.2, 0.25) is 0 Å². The lowest BCUT2D eigenvalue weighted by molar-refractivity contribution is -0.137. The maximum Gasteiger partial charge on any atom is 0.416 e. The number of hydrogen-bond donors (Lipinski definition) is 0. The van der Waals surface area contributed by atoms with Crippen LogP contribution in [0.25, 0.3) is 0 Å². The number of ether oxygens (including phenoxy) is 1. The molecule has 0 N–H and O–H groups in total. The highest BCUT2D eigenvalue weighted by molar-refractivity contribution is 9.10. The Labute approximate surface area is 235 Å². The number of benzene rings is 2. The third-order valence-electron chi connectivity index (χ3n) is 6.29. The Morgan fingerprint density at radius 2 is 1.74 bits per heavy atom. The number of rotatable bonds is 13. The molecule has 10 heteroatoms. The van der Waals surface area contributed by atoms with Gasteiger partial charge in [-0.25, -0.2) is 0 Å². The summed E-state index contributed by atoms with van der Waals surface area (Å²) in [4.78, 5) is 29.7. The van der Waals surface area contributed by atoms with Crippen molar-refractivity contribution in [2.45, 2.75) is 39.0 Å². The molecule has 3 aromatic rings. The molecule has 1 heterocycles. The van der Waals surface area contributed by atoms with Crippen LogP contribution < -0.4 is 0 Å². The van der Waals surface area contributed by atoms with Crippen LogP contribution in [-0.4, -0.2) is 59.5 Å². The Morgan fingerprint density at radius 1 is 1.00 bits per heavy atom. The first-order valence-corrected chi connectivity index (χ1v) is 13.5. The lowest BCUT2D eigenvalue weighted by Gasteiger charge is -2.28. The van der Waals surface area contributed by atoms with Gasteiger partial charge in [-0.3, -0.25) is 9.59 Å². The van der Waals surface area contributed by atoms with Gasteiger partial charge in [0.05, 0.1) is 18.7 Å². The highest BCUT2D eigenvalue weighted by Gasteiger charge is 2.31. The predicted octanol–water partition coefficient (Wildman–Crippen LogP) is 6.24. The van der Waals surface area contributed by atoms with E-state index in [0.717, 1.165) is 40.7 Å². The van der Waals surface area contributed by atoms with Gasteiger partial charge in [0, 0.05) is 48.7 Å². The van der Waals surface area contributed by atoms with E-state index in [4.69, 9.17) is 4.74 Å². The molecule has 0 fully saturated rings. The second-order valence-corrected chi connectivity index (χ2v) is 10.1. The van der Waals surface area contributed by atoms with Crippen LogP contribution in [0, 0.1) is 0 Å². The summed E-state index contributed by atoms with van der Waals surface area (Å²) in [6.07, 6.45) is -0.966. The average Bonchev–Trinajstić information content (AvgIpc) is 3.35. The van der Waals surface area contributed by atoms with Gasteiger partial charge in [-0.1, -0.05) is 47.5 Å². The van der Waals surface area contributed by atoms with Crippen LogP contribution in [0.1, 0.15) is 46.9 Å². The van der Waals surface area contributed by atoms with Gasteiger partial charge in [0.25, 0.3) is 5.91 Å². The van der Waals surface area contributed by atoms with Crippen LogP contribution >= 0.6 is 15.9 Å². The summed E-state index contributed by atoms with van der Waals surface area (Å²) in [6.45, 7) is 3.45. The molecule has 210 valence electrons. The maximum absolute atomic E-state index is 13.5. The molecule has 0 aliphatic heterocycles. The molecule has 0 bridgehead atoms. The first-order chi connectivity index (χ1) is 18.6. The second-order valence-electron chi connectivity index (χ2n) is 9.22. The van der Waals surface area contributed by atoms with E-state index in [0.29, 0.717) is 19.6 Å². The molecule has 6 nitrogen and oxygen atoms in total. The van der Waals surface area contributed by atoms with Gasteiger partial charge in [0.15, 0.2) is 0 Å². The van der Waals surface area contributed by atoms with Crippen LogP contribution in [0.5, 0.6) is 0 Å². The Bertz CT molecular complexity index is 1230. The van der Waals surface area contributed by atoms with Crippen molar-refractivity contribution in [3.63, 3.8) is 0 Å². The summed E-state index contributed by atoms with van der Waals surface area (Å²) >= 11 is 3.45. The van der Waals surface area contributed by atoms with Crippen LogP contribution in [0.15, 0.2) is 71.3 Å². The first kappa shape index (κ1) is 30.4. The van der Waals surface area contributed by atoms with Crippen LogP contribution in [0.3, 0.4) is 0 Å². The topological polar surface area (TPSA) is 54.8 Å². The van der Waals surface area contributed by atoms with Crippen molar-refractivity contribution >= 4 is 27.7 Å². The quantitative estimate of drug-likeness (QED) is 0.231. The number of carbonyl (C=O) groups is 2. The zero-order valence-electron chi connectivity index (χ0n) is 22.1. The number of halogens is 4. The molecular weight excluding hydrogens is 575 g/mol. The molecule has 3 rings (SSSR count). The summed E-state index contributed by atoms with van der Waals surface area (Å²) in [5, 5.41) is 0. The van der Waals surface area contributed by atoms with Crippen LogP contribution in [0.4, 0.5) is 13.2 Å². The molecule has 1 aromatic heterocycles. The van der Waals surface area contributed by atoms with Gasteiger partial charge in [0.2, 0.25) is 5.91 Å². The lowest BCUT2D eigenvalue weighted by Crippen LogP contribution is -2.44. The van der Waals surface area contributed by atoms with E-state index in [9.17, 15) is 22.8 Å². The molecule has 0 spiro atoms. The number of nitrogens with zero attached hydrogens (tertiary/aromatic N) is 3. The molecule has 0 unspecified atom stereocenters. The Balaban J connectivity index is 1.79. The zero-order chi connectivity index (χ0) is 28.4. The minimum atomic E-state index is -4.58. The fourth-order valence-electron chi connectivity index (χ4n) is 4.10. The van der Waals surface area contributed by atoms with Gasteiger partial charge < -0.3 is 19.1 Å². The number of amides is 2. The Hall–Kier alpha value is -3.11. The van der Waals surface area contributed by atoms with Gasteiger partial charge in [-0.05, 0) is 54.4 Å². The van der Waals surface area contributed by atoms with Gasteiger partial charge in [-0.15, -0.1) is 0 Å². The minimum absolute atomic E-state index is 0.0683. The predicted molar refractivity (Wildman–Crippen MR) is 147 cm³/mol. The summed E-state index contributed by atoms with van der Waals surface area (Å²) < 4.78 is 47.9. The van der Waals surface area contributed by atoms with E-state index in [1.165, 1.54) is 24.1 Å². The molecule has 2 amide bonds. The average molecular weight is 608 g/mol. The number of alkyl halides is 3. The van der Waals surface area contributed by atoms with Gasteiger partial charge >= 0.3 is 6.18 Å². The maximum atomic E-state index is 13.5. The third kappa shape index (κ3) is 8.96. The Morgan fingerprint density at radius 3 is 2.41 bits per heavy atom. The number of carbonyl (C=O) groups excluding carboxylic acids is 2. The smallest absolute Gasteiger partial charge is 0.383 e. The van der Waals surface area contributed by atoms with Crippen molar-refractivity contribution < 1.29 is 27.5 Å². The molecule has 39 heavy (non-hydrogen) atoms. The van der Waals surface area contributed by atoms with Crippen molar-refractivity contribution in [1.29, 1.82) is 0 Å². The number of hydrogen-bond acceptors (Lipinski definition) is 3. The molecule has 0 saturated heterocycles. The first-order valence-electron chi connectivity index (χ1n) is 12.7. The summed E-state index contributed by atoms with van der Waals surface area (Å²) in [5.74, 6) is -0.933. The molecular formula is C29H33BrF3N3O3. The van der Waals surface area contributed by atoms with Gasteiger partial charge in [-0.2, -0.15) is 13.2 Å². The highest BCUT2D eigenvalue weighted by Crippen LogP contribution is 2.29. The highest BCUT2D eigenvalue weighted by atomic mass is 79.9. The number of aromatic nitrogens is 1. The monoisotopic (exact) mass is 607 g/mol. The number of unbranched alkanes of at least 4 members (excludes halogenated alkanes) is 1. The van der Waals surface area contributed by atoms with Crippen LogP contribution in [-0.2, 0) is 28.8 Å². The SMILES string of the molecule is CCCCN(Cc1cccn1Cc1ccc(Br)cc1)C(=O)CN(CCOC)C(=O)c1cccc(C(F)(F)F)c1. The summed E-state index contributed by atoms with van der Waals surface area (Å²) in [7, 11) is 1.46. The normalized spacial score (nSPS) is 11.4. The molecule has 2 aromatic carbocycles. The molecule has 0 atom stereocenters. The third-order valence-corrected chi connectivity index (χ3v) is 6.82. The minimum Gasteiger partial charge on any atom is -0.383 e. The fraction of sp³-hybridized carbons (Fsp3) is 0.379. The van der Waals surface area contributed by atoms with Crippen molar-refractivity contribution in [3.8, 4) is 0 Å². The fourth-order valence-corrected chi connectivity index (χ4v) is 4.36. The van der Waals surface area contributed by atoms with Crippen molar-refractivity contribution in [1.82, 2.24) is 14.4 Å². The zero-order valence-corrected chi connectivity index (χ0v) is 23.7. The van der Waals surface area contributed by atoms with Gasteiger partial charge in [0.1, 0.15) is 6.54 Å². The van der Waals surface area contributed by atoms with E-state index in [1.807, 2.05) is 49.5 Å². The van der Waals surface area contributed by atoms with E-state index in [-0.39, 0.29) is 31.2 Å². The second kappa shape index (κ2) is 14.3.